The van der Waals surface area contributed by atoms with Gasteiger partial charge >= 0.3 is 0 Å². The molecule has 1 aliphatic heterocycles. The molecule has 1 aliphatic rings. The van der Waals surface area contributed by atoms with Crippen LogP contribution in [-0.4, -0.2) is 19.3 Å². The number of halogens is 1. The molecule has 0 amide bonds. The summed E-state index contributed by atoms with van der Waals surface area (Å²) < 4.78 is 23.8. The molecule has 2 rings (SSSR count). The molecule has 1 saturated heterocycles. The fourth-order valence-corrected chi connectivity index (χ4v) is 4.07. The quantitative estimate of drug-likeness (QED) is 0.757. The SMILES string of the molecule is O=S(=O)(Cl)N1CCCC1c1cccs1. The van der Waals surface area contributed by atoms with Crippen LogP contribution < -0.4 is 0 Å². The predicted octanol–water partition coefficient (Wildman–Crippen LogP) is 2.37. The number of thiophene rings is 1. The van der Waals surface area contributed by atoms with Crippen molar-refractivity contribution in [2.45, 2.75) is 18.9 Å². The van der Waals surface area contributed by atoms with Gasteiger partial charge in [0.1, 0.15) is 0 Å². The van der Waals surface area contributed by atoms with Crippen molar-refractivity contribution in [1.82, 2.24) is 4.31 Å². The molecule has 0 spiro atoms. The van der Waals surface area contributed by atoms with E-state index in [1.54, 1.807) is 11.3 Å². The van der Waals surface area contributed by atoms with Gasteiger partial charge in [0.25, 0.3) is 9.24 Å². The Kier molecular flexibility index (Phi) is 2.83. The Hall–Kier alpha value is -0.100. The summed E-state index contributed by atoms with van der Waals surface area (Å²) in [6.07, 6.45) is 1.75. The van der Waals surface area contributed by atoms with E-state index in [0.717, 1.165) is 17.7 Å². The van der Waals surface area contributed by atoms with Crippen molar-refractivity contribution >= 4 is 31.3 Å². The minimum atomic E-state index is -3.57. The van der Waals surface area contributed by atoms with Gasteiger partial charge in [0.2, 0.25) is 0 Å². The molecule has 1 aromatic heterocycles. The number of rotatable bonds is 2. The zero-order valence-electron chi connectivity index (χ0n) is 7.39. The van der Waals surface area contributed by atoms with Gasteiger partial charge in [-0.05, 0) is 24.3 Å². The molecule has 0 bridgehead atoms. The zero-order chi connectivity index (χ0) is 10.2. The van der Waals surface area contributed by atoms with Gasteiger partial charge in [-0.1, -0.05) is 6.07 Å². The summed E-state index contributed by atoms with van der Waals surface area (Å²) in [5.74, 6) is 0. The predicted molar refractivity (Wildman–Crippen MR) is 57.8 cm³/mol. The van der Waals surface area contributed by atoms with Gasteiger partial charge in [-0.25, -0.2) is 0 Å². The van der Waals surface area contributed by atoms with E-state index < -0.39 is 9.24 Å². The van der Waals surface area contributed by atoms with Crippen molar-refractivity contribution in [3.8, 4) is 0 Å². The summed E-state index contributed by atoms with van der Waals surface area (Å²) in [4.78, 5) is 1.08. The first-order chi connectivity index (χ1) is 6.59. The Morgan fingerprint density at radius 1 is 1.57 bits per heavy atom. The van der Waals surface area contributed by atoms with Crippen LogP contribution in [0.15, 0.2) is 17.5 Å². The highest BCUT2D eigenvalue weighted by Gasteiger charge is 2.34. The second kappa shape index (κ2) is 3.81. The maximum atomic E-state index is 11.2. The number of nitrogens with zero attached hydrogens (tertiary/aromatic N) is 1. The van der Waals surface area contributed by atoms with E-state index in [1.807, 2.05) is 17.5 Å². The normalized spacial score (nSPS) is 24.2. The van der Waals surface area contributed by atoms with E-state index in [2.05, 4.69) is 0 Å². The van der Waals surface area contributed by atoms with Gasteiger partial charge in [0.05, 0.1) is 6.04 Å². The summed E-state index contributed by atoms with van der Waals surface area (Å²) in [5, 5.41) is 1.95. The minimum Gasteiger partial charge on any atom is -0.195 e. The molecule has 6 heteroatoms. The van der Waals surface area contributed by atoms with Gasteiger partial charge in [0.15, 0.2) is 0 Å². The first-order valence-corrected chi connectivity index (χ1v) is 7.48. The van der Waals surface area contributed by atoms with Gasteiger partial charge < -0.3 is 0 Å². The lowest BCUT2D eigenvalue weighted by molar-refractivity contribution is 0.411. The Labute approximate surface area is 91.9 Å². The van der Waals surface area contributed by atoms with Crippen molar-refractivity contribution in [2.75, 3.05) is 6.54 Å². The Morgan fingerprint density at radius 2 is 2.36 bits per heavy atom. The van der Waals surface area contributed by atoms with E-state index in [9.17, 15) is 8.42 Å². The van der Waals surface area contributed by atoms with E-state index >= 15 is 0 Å². The molecular weight excluding hydrogens is 242 g/mol. The molecule has 1 atom stereocenters. The molecular formula is C8H10ClNO2S2. The molecule has 0 aromatic carbocycles. The highest BCUT2D eigenvalue weighted by Crippen LogP contribution is 2.37. The van der Waals surface area contributed by atoms with E-state index in [1.165, 1.54) is 4.31 Å². The fraction of sp³-hybridized carbons (Fsp3) is 0.500. The van der Waals surface area contributed by atoms with Crippen LogP contribution in [0.25, 0.3) is 0 Å². The molecule has 1 unspecified atom stereocenters. The molecule has 2 heterocycles. The summed E-state index contributed by atoms with van der Waals surface area (Å²) in [6, 6.07) is 3.84. The third-order valence-corrected chi connectivity index (χ3v) is 4.86. The van der Waals surface area contributed by atoms with Crippen LogP contribution >= 0.6 is 22.0 Å². The van der Waals surface area contributed by atoms with Crippen LogP contribution in [0.3, 0.4) is 0 Å². The van der Waals surface area contributed by atoms with Crippen LogP contribution in [-0.2, 0) is 9.24 Å². The maximum Gasteiger partial charge on any atom is 0.300 e. The summed E-state index contributed by atoms with van der Waals surface area (Å²) >= 11 is 1.58. The minimum absolute atomic E-state index is 0.0440. The van der Waals surface area contributed by atoms with Gasteiger partial charge in [-0.15, -0.1) is 11.3 Å². The van der Waals surface area contributed by atoms with Crippen molar-refractivity contribution in [1.29, 1.82) is 0 Å². The monoisotopic (exact) mass is 251 g/mol. The van der Waals surface area contributed by atoms with Crippen molar-refractivity contribution in [3.63, 3.8) is 0 Å². The topological polar surface area (TPSA) is 37.4 Å². The summed E-state index contributed by atoms with van der Waals surface area (Å²) in [7, 11) is 1.79. The molecule has 1 aromatic rings. The molecule has 3 nitrogen and oxygen atoms in total. The smallest absolute Gasteiger partial charge is 0.195 e. The van der Waals surface area contributed by atoms with Crippen molar-refractivity contribution in [3.05, 3.63) is 22.4 Å². The molecule has 78 valence electrons. The van der Waals surface area contributed by atoms with Crippen molar-refractivity contribution in [2.24, 2.45) is 0 Å². The van der Waals surface area contributed by atoms with Crippen LogP contribution in [0.5, 0.6) is 0 Å². The van der Waals surface area contributed by atoms with E-state index in [0.29, 0.717) is 6.54 Å². The van der Waals surface area contributed by atoms with Crippen LogP contribution in [0.4, 0.5) is 0 Å². The van der Waals surface area contributed by atoms with Gasteiger partial charge in [-0.2, -0.15) is 12.7 Å². The number of hydrogen-bond acceptors (Lipinski definition) is 3. The highest BCUT2D eigenvalue weighted by molar-refractivity contribution is 8.11. The Morgan fingerprint density at radius 3 is 2.93 bits per heavy atom. The summed E-state index contributed by atoms with van der Waals surface area (Å²) in [5.41, 5.74) is 0. The molecule has 0 radical (unpaired) electrons. The maximum absolute atomic E-state index is 11.2. The van der Waals surface area contributed by atoms with E-state index in [4.69, 9.17) is 10.7 Å². The van der Waals surface area contributed by atoms with Crippen LogP contribution in [0.2, 0.25) is 0 Å². The Bertz CT molecular complexity index is 401. The standard InChI is InChI=1S/C8H10ClNO2S2/c9-14(11,12)10-5-1-3-7(10)8-4-2-6-13-8/h2,4,6-7H,1,3,5H2. The lowest BCUT2D eigenvalue weighted by Gasteiger charge is -2.18. The first-order valence-electron chi connectivity index (χ1n) is 4.34. The third-order valence-electron chi connectivity index (χ3n) is 2.36. The highest BCUT2D eigenvalue weighted by atomic mass is 35.7. The average molecular weight is 252 g/mol. The molecule has 1 fully saturated rings. The zero-order valence-corrected chi connectivity index (χ0v) is 9.78. The van der Waals surface area contributed by atoms with Crippen molar-refractivity contribution < 1.29 is 8.42 Å². The Balaban J connectivity index is 2.28. The lowest BCUT2D eigenvalue weighted by atomic mass is 10.2. The average Bonchev–Trinajstić information content (AvgIpc) is 2.73. The van der Waals surface area contributed by atoms with Gasteiger partial charge in [0, 0.05) is 22.1 Å². The fourth-order valence-electron chi connectivity index (χ4n) is 1.77. The van der Waals surface area contributed by atoms with Crippen LogP contribution in [0.1, 0.15) is 23.8 Å². The molecule has 14 heavy (non-hydrogen) atoms. The molecule has 0 aliphatic carbocycles. The lowest BCUT2D eigenvalue weighted by Crippen LogP contribution is -2.26. The largest absolute Gasteiger partial charge is 0.300 e. The third kappa shape index (κ3) is 1.95. The first kappa shape index (κ1) is 10.4. The second-order valence-corrected chi connectivity index (χ2v) is 6.67. The van der Waals surface area contributed by atoms with Gasteiger partial charge in [-0.3, -0.25) is 0 Å². The number of hydrogen-bond donors (Lipinski definition) is 0. The van der Waals surface area contributed by atoms with E-state index in [-0.39, 0.29) is 6.04 Å². The van der Waals surface area contributed by atoms with Crippen LogP contribution in [0, 0.1) is 0 Å². The summed E-state index contributed by atoms with van der Waals surface area (Å²) in [6.45, 7) is 0.536. The second-order valence-electron chi connectivity index (χ2n) is 3.23. The molecule has 0 saturated carbocycles. The molecule has 0 N–H and O–H groups in total.